The third-order valence-corrected chi connectivity index (χ3v) is 6.81. The molecule has 0 radical (unpaired) electrons. The molecular formula is C30H39F3N6O5. The third kappa shape index (κ3) is 10.5. The van der Waals surface area contributed by atoms with Gasteiger partial charge >= 0.3 is 12.3 Å². The van der Waals surface area contributed by atoms with Gasteiger partial charge in [-0.1, -0.05) is 36.4 Å². The molecule has 11 nitrogen and oxygen atoms in total. The Morgan fingerprint density at radius 3 is 2.14 bits per heavy atom. The summed E-state index contributed by atoms with van der Waals surface area (Å²) in [5, 5.41) is 7.41. The van der Waals surface area contributed by atoms with Gasteiger partial charge in [0.2, 0.25) is 17.7 Å². The molecule has 0 bridgehead atoms. The zero-order valence-electron chi connectivity index (χ0n) is 24.8. The lowest BCUT2D eigenvalue weighted by Crippen LogP contribution is -2.54. The van der Waals surface area contributed by atoms with Crippen molar-refractivity contribution in [3.05, 3.63) is 65.7 Å². The van der Waals surface area contributed by atoms with Crippen molar-refractivity contribution in [3.63, 3.8) is 0 Å². The molecule has 1 heterocycles. The topological polar surface area (TPSA) is 169 Å². The van der Waals surface area contributed by atoms with Gasteiger partial charge < -0.3 is 37.1 Å². The molecule has 0 spiro atoms. The van der Waals surface area contributed by atoms with Crippen LogP contribution in [-0.2, 0) is 31.7 Å². The highest BCUT2D eigenvalue weighted by atomic mass is 19.4. The van der Waals surface area contributed by atoms with Crippen LogP contribution in [0.2, 0.25) is 0 Å². The number of nitrogens with zero attached hydrogens (tertiary/aromatic N) is 1. The molecule has 4 atom stereocenters. The number of carbonyl (C=O) groups excluding carboxylic acids is 4. The zero-order valence-corrected chi connectivity index (χ0v) is 24.8. The summed E-state index contributed by atoms with van der Waals surface area (Å²) in [6.45, 7) is 5.20. The molecule has 0 aliphatic carbocycles. The Labute approximate surface area is 253 Å². The minimum atomic E-state index is -4.63. The van der Waals surface area contributed by atoms with Crippen molar-refractivity contribution in [1.29, 1.82) is 0 Å². The second-order valence-corrected chi connectivity index (χ2v) is 11.7. The summed E-state index contributed by atoms with van der Waals surface area (Å²) >= 11 is 0. The Hall–Kier alpha value is -4.17. The highest BCUT2D eigenvalue weighted by molar-refractivity contribution is 5.99. The fraction of sp³-hybridized carbons (Fsp3) is 0.467. The number of halogens is 3. The van der Waals surface area contributed by atoms with Crippen LogP contribution in [0.4, 0.5) is 23.7 Å². The van der Waals surface area contributed by atoms with E-state index in [2.05, 4.69) is 16.0 Å². The maximum atomic E-state index is 13.6. The molecule has 1 aliphatic rings. The van der Waals surface area contributed by atoms with E-state index in [-0.39, 0.29) is 25.2 Å². The minimum Gasteiger partial charge on any atom is -0.444 e. The van der Waals surface area contributed by atoms with Crippen LogP contribution in [0.15, 0.2) is 54.6 Å². The molecule has 0 unspecified atom stereocenters. The summed E-state index contributed by atoms with van der Waals surface area (Å²) in [5.74, 6) is -2.15. The molecule has 1 aliphatic heterocycles. The molecule has 1 fully saturated rings. The number of nitrogens with two attached hydrogens (primary N) is 2. The molecule has 14 heteroatoms. The van der Waals surface area contributed by atoms with E-state index in [1.807, 2.05) is 18.2 Å². The Morgan fingerprint density at radius 1 is 0.909 bits per heavy atom. The number of nitrogens with one attached hydrogen (secondary N) is 3. The lowest BCUT2D eigenvalue weighted by Gasteiger charge is -2.26. The van der Waals surface area contributed by atoms with Gasteiger partial charge in [-0.05, 0) is 57.4 Å². The smallest absolute Gasteiger partial charge is 0.416 e. The Bertz CT molecular complexity index is 1310. The number of carbonyl (C=O) groups is 4. The van der Waals surface area contributed by atoms with Crippen LogP contribution < -0.4 is 27.4 Å². The SMILES string of the molecule is CC(C)(C)OC(=O)N[C@@H](CC(=O)N1C[C@@H](N)[C@@H](N)C1)C(=O)N[C@@H](CCc1ccccc1)C(=O)Nc1cccc(C(F)(F)F)c1. The van der Waals surface area contributed by atoms with Crippen molar-refractivity contribution >= 4 is 29.5 Å². The van der Waals surface area contributed by atoms with Gasteiger partial charge in [-0.3, -0.25) is 14.4 Å². The van der Waals surface area contributed by atoms with E-state index in [9.17, 15) is 32.3 Å². The first-order valence-electron chi connectivity index (χ1n) is 14.1. The maximum absolute atomic E-state index is 13.6. The molecule has 2 aromatic rings. The zero-order chi connectivity index (χ0) is 32.7. The number of hydrogen-bond acceptors (Lipinski definition) is 7. The predicted molar refractivity (Wildman–Crippen MR) is 157 cm³/mol. The molecule has 2 aromatic carbocycles. The number of anilines is 1. The number of amides is 4. The van der Waals surface area contributed by atoms with E-state index in [0.29, 0.717) is 6.42 Å². The molecule has 3 rings (SSSR count). The first-order valence-corrected chi connectivity index (χ1v) is 14.1. The van der Waals surface area contributed by atoms with E-state index in [4.69, 9.17) is 16.2 Å². The monoisotopic (exact) mass is 620 g/mol. The maximum Gasteiger partial charge on any atom is 0.416 e. The Kier molecular flexibility index (Phi) is 11.3. The lowest BCUT2D eigenvalue weighted by atomic mass is 10.0. The number of likely N-dealkylation sites (tertiary alicyclic amines) is 1. The van der Waals surface area contributed by atoms with Crippen molar-refractivity contribution in [2.75, 3.05) is 18.4 Å². The highest BCUT2D eigenvalue weighted by Crippen LogP contribution is 2.30. The van der Waals surface area contributed by atoms with Crippen molar-refractivity contribution in [2.24, 2.45) is 11.5 Å². The van der Waals surface area contributed by atoms with Crippen LogP contribution >= 0.6 is 0 Å². The summed E-state index contributed by atoms with van der Waals surface area (Å²) in [6, 6.07) is 9.54. The third-order valence-electron chi connectivity index (χ3n) is 6.81. The molecule has 44 heavy (non-hydrogen) atoms. The second-order valence-electron chi connectivity index (χ2n) is 11.7. The van der Waals surface area contributed by atoms with Crippen molar-refractivity contribution in [2.45, 2.75) is 76.0 Å². The summed E-state index contributed by atoms with van der Waals surface area (Å²) in [7, 11) is 0. The molecule has 0 saturated carbocycles. The van der Waals surface area contributed by atoms with Gasteiger partial charge in [0.15, 0.2) is 0 Å². The van der Waals surface area contributed by atoms with E-state index in [1.54, 1.807) is 32.9 Å². The minimum absolute atomic E-state index is 0.0590. The molecular weight excluding hydrogens is 581 g/mol. The summed E-state index contributed by atoms with van der Waals surface area (Å²) < 4.78 is 45.0. The van der Waals surface area contributed by atoms with Crippen molar-refractivity contribution < 1.29 is 37.1 Å². The lowest BCUT2D eigenvalue weighted by molar-refractivity contribution is -0.137. The number of hydrogen-bond donors (Lipinski definition) is 5. The largest absolute Gasteiger partial charge is 0.444 e. The fourth-order valence-corrected chi connectivity index (χ4v) is 4.52. The Morgan fingerprint density at radius 2 is 1.55 bits per heavy atom. The van der Waals surface area contributed by atoms with Crippen LogP contribution in [0, 0.1) is 0 Å². The number of alkyl halides is 3. The predicted octanol–water partition coefficient (Wildman–Crippen LogP) is 2.54. The van der Waals surface area contributed by atoms with Gasteiger partial charge in [-0.2, -0.15) is 13.2 Å². The molecule has 0 aromatic heterocycles. The van der Waals surface area contributed by atoms with Gasteiger partial charge in [-0.25, -0.2) is 4.79 Å². The van der Waals surface area contributed by atoms with E-state index < -0.39 is 71.7 Å². The van der Waals surface area contributed by atoms with Crippen LogP contribution in [0.25, 0.3) is 0 Å². The van der Waals surface area contributed by atoms with Gasteiger partial charge in [0.1, 0.15) is 17.7 Å². The number of benzene rings is 2. The van der Waals surface area contributed by atoms with Crippen molar-refractivity contribution in [1.82, 2.24) is 15.5 Å². The quantitative estimate of drug-likeness (QED) is 0.272. The van der Waals surface area contributed by atoms with Gasteiger partial charge in [0, 0.05) is 30.9 Å². The van der Waals surface area contributed by atoms with Gasteiger partial charge in [0.25, 0.3) is 0 Å². The first-order chi connectivity index (χ1) is 20.5. The van der Waals surface area contributed by atoms with Gasteiger partial charge in [0.05, 0.1) is 12.0 Å². The molecule has 240 valence electrons. The second kappa shape index (κ2) is 14.5. The Balaban J connectivity index is 1.82. The van der Waals surface area contributed by atoms with Crippen LogP contribution in [0.5, 0.6) is 0 Å². The van der Waals surface area contributed by atoms with Gasteiger partial charge in [-0.15, -0.1) is 0 Å². The van der Waals surface area contributed by atoms with E-state index >= 15 is 0 Å². The first kappa shape index (κ1) is 34.3. The number of aryl methyl sites for hydroxylation is 1. The normalized spacial score (nSPS) is 18.2. The number of rotatable bonds is 10. The van der Waals surface area contributed by atoms with Crippen LogP contribution in [0.1, 0.15) is 44.7 Å². The van der Waals surface area contributed by atoms with Crippen LogP contribution in [-0.4, -0.2) is 71.6 Å². The van der Waals surface area contributed by atoms with Crippen LogP contribution in [0.3, 0.4) is 0 Å². The van der Waals surface area contributed by atoms with Crippen molar-refractivity contribution in [3.8, 4) is 0 Å². The van der Waals surface area contributed by atoms with E-state index in [0.717, 1.165) is 23.8 Å². The highest BCUT2D eigenvalue weighted by Gasteiger charge is 2.35. The summed E-state index contributed by atoms with van der Waals surface area (Å²) in [5.41, 5.74) is 10.7. The number of alkyl carbamates (subject to hydrolysis) is 1. The fourth-order valence-electron chi connectivity index (χ4n) is 4.52. The average molecular weight is 621 g/mol. The summed E-state index contributed by atoms with van der Waals surface area (Å²) in [4.78, 5) is 54.0. The molecule has 4 amide bonds. The average Bonchev–Trinajstić information content (AvgIpc) is 3.27. The molecule has 1 saturated heterocycles. The standard InChI is InChI=1S/C30H39F3N6O5/c1-29(2,3)44-28(43)38-24(15-25(40)39-16-21(34)22(35)17-39)27(42)37-23(13-12-18-8-5-4-6-9-18)26(41)36-20-11-7-10-19(14-20)30(31,32)33/h4-11,14,21-24H,12-13,15-17,34-35H2,1-3H3,(H,36,41)(H,37,42)(H,38,43)/t21-,22+,23-,24-/m0/s1. The summed E-state index contributed by atoms with van der Waals surface area (Å²) in [6.07, 6.45) is -5.68. The van der Waals surface area contributed by atoms with E-state index in [1.165, 1.54) is 11.0 Å². The number of ether oxygens (including phenoxy) is 1. The molecule has 7 N–H and O–H groups in total.